The van der Waals surface area contributed by atoms with Gasteiger partial charge in [0, 0.05) is 19.1 Å². The normalized spacial score (nSPS) is 16.3. The van der Waals surface area contributed by atoms with Crippen LogP contribution in [0.2, 0.25) is 0 Å². The molecule has 21 heavy (non-hydrogen) atoms. The number of hydrogen-bond acceptors (Lipinski definition) is 4. The van der Waals surface area contributed by atoms with Crippen LogP contribution in [0, 0.1) is 0 Å². The average Bonchev–Trinajstić information content (AvgIpc) is 2.45. The predicted molar refractivity (Wildman–Crippen MR) is 80.8 cm³/mol. The van der Waals surface area contributed by atoms with Crippen molar-refractivity contribution in [2.24, 2.45) is 0 Å². The summed E-state index contributed by atoms with van der Waals surface area (Å²) in [5.74, 6) is 1.35. The molecule has 1 N–H and O–H groups in total. The fraction of sp³-hybridized carbons (Fsp3) is 0.571. The Bertz CT molecular complexity index is 601. The van der Waals surface area contributed by atoms with E-state index in [-0.39, 0.29) is 12.1 Å². The lowest BCUT2D eigenvalue weighted by molar-refractivity contribution is 0.171. The van der Waals surface area contributed by atoms with Crippen molar-refractivity contribution in [2.45, 2.75) is 32.9 Å². The van der Waals surface area contributed by atoms with Crippen LogP contribution in [0.4, 0.5) is 0 Å². The van der Waals surface area contributed by atoms with Crippen LogP contribution < -0.4 is 14.2 Å². The van der Waals surface area contributed by atoms with E-state index in [9.17, 15) is 8.42 Å². The first kappa shape index (κ1) is 16.1. The van der Waals surface area contributed by atoms with Gasteiger partial charge in [-0.25, -0.2) is 0 Å². The van der Waals surface area contributed by atoms with E-state index >= 15 is 0 Å². The number of fused-ring (bicyclic) bond motifs is 1. The Balaban J connectivity index is 2.15. The molecule has 1 aliphatic heterocycles. The zero-order valence-corrected chi connectivity index (χ0v) is 13.6. The van der Waals surface area contributed by atoms with Crippen molar-refractivity contribution in [3.05, 3.63) is 23.8 Å². The number of rotatable bonds is 5. The first-order valence-electron chi connectivity index (χ1n) is 6.96. The van der Waals surface area contributed by atoms with E-state index < -0.39 is 10.2 Å². The first-order chi connectivity index (χ1) is 9.81. The number of benzene rings is 1. The molecule has 0 radical (unpaired) electrons. The number of nitrogens with zero attached hydrogens (tertiary/aromatic N) is 1. The third-order valence-corrected chi connectivity index (χ3v) is 5.33. The van der Waals surface area contributed by atoms with E-state index in [0.29, 0.717) is 24.7 Å². The Morgan fingerprint density at radius 1 is 1.14 bits per heavy atom. The molecule has 0 fully saturated rings. The van der Waals surface area contributed by atoms with Gasteiger partial charge < -0.3 is 9.47 Å². The van der Waals surface area contributed by atoms with Crippen LogP contribution in [-0.2, 0) is 10.2 Å². The summed E-state index contributed by atoms with van der Waals surface area (Å²) in [6, 6.07) is 5.01. The van der Waals surface area contributed by atoms with Gasteiger partial charge in [-0.05, 0) is 38.5 Å². The lowest BCUT2D eigenvalue weighted by atomic mass is 10.1. The Labute approximate surface area is 126 Å². The van der Waals surface area contributed by atoms with Crippen molar-refractivity contribution >= 4 is 10.2 Å². The maximum absolute atomic E-state index is 12.2. The third kappa shape index (κ3) is 3.66. The van der Waals surface area contributed by atoms with E-state index in [4.69, 9.17) is 9.47 Å². The van der Waals surface area contributed by atoms with Gasteiger partial charge in [-0.3, -0.25) is 0 Å². The molecule has 1 heterocycles. The standard InChI is InChI=1S/C14H22N2O4S/c1-10(2)16(4)21(17,18)15-11(3)12-5-6-13-14(9-12)20-8-7-19-13/h5-6,9-11,15H,7-8H2,1-4H3. The highest BCUT2D eigenvalue weighted by Crippen LogP contribution is 2.32. The lowest BCUT2D eigenvalue weighted by Gasteiger charge is -2.25. The highest BCUT2D eigenvalue weighted by molar-refractivity contribution is 7.87. The van der Waals surface area contributed by atoms with E-state index in [0.717, 1.165) is 5.56 Å². The van der Waals surface area contributed by atoms with Gasteiger partial charge in [-0.15, -0.1) is 0 Å². The summed E-state index contributed by atoms with van der Waals surface area (Å²) in [4.78, 5) is 0. The zero-order chi connectivity index (χ0) is 15.6. The third-order valence-electron chi connectivity index (χ3n) is 3.50. The molecule has 1 aromatic carbocycles. The molecular weight excluding hydrogens is 292 g/mol. The Morgan fingerprint density at radius 3 is 2.38 bits per heavy atom. The summed E-state index contributed by atoms with van der Waals surface area (Å²) < 4.78 is 39.4. The molecule has 1 aromatic rings. The second-order valence-corrected chi connectivity index (χ2v) is 7.12. The smallest absolute Gasteiger partial charge is 0.279 e. The first-order valence-corrected chi connectivity index (χ1v) is 8.40. The minimum Gasteiger partial charge on any atom is -0.486 e. The van der Waals surface area contributed by atoms with Crippen LogP contribution in [0.25, 0.3) is 0 Å². The second-order valence-electron chi connectivity index (χ2n) is 5.36. The molecule has 6 nitrogen and oxygen atoms in total. The Hall–Kier alpha value is -1.31. The summed E-state index contributed by atoms with van der Waals surface area (Å²) in [6.07, 6.45) is 0. The molecule has 118 valence electrons. The van der Waals surface area contributed by atoms with Crippen LogP contribution in [0.5, 0.6) is 11.5 Å². The summed E-state index contributed by atoms with van der Waals surface area (Å²) in [5, 5.41) is 0. The fourth-order valence-electron chi connectivity index (χ4n) is 1.98. The molecule has 2 rings (SSSR count). The van der Waals surface area contributed by atoms with Crippen molar-refractivity contribution in [1.29, 1.82) is 0 Å². The average molecular weight is 314 g/mol. The van der Waals surface area contributed by atoms with E-state index in [1.807, 2.05) is 26.0 Å². The highest BCUT2D eigenvalue weighted by atomic mass is 32.2. The summed E-state index contributed by atoms with van der Waals surface area (Å²) in [5.41, 5.74) is 0.833. The van der Waals surface area contributed by atoms with Gasteiger partial charge in [0.2, 0.25) is 0 Å². The maximum Gasteiger partial charge on any atom is 0.279 e. The van der Waals surface area contributed by atoms with Crippen LogP contribution in [0.3, 0.4) is 0 Å². The Morgan fingerprint density at radius 2 is 1.76 bits per heavy atom. The Kier molecular flexibility index (Phi) is 4.75. The lowest BCUT2D eigenvalue weighted by Crippen LogP contribution is -2.42. The maximum atomic E-state index is 12.2. The predicted octanol–water partition coefficient (Wildman–Crippen LogP) is 1.69. The van der Waals surface area contributed by atoms with Crippen molar-refractivity contribution in [3.8, 4) is 11.5 Å². The summed E-state index contributed by atoms with van der Waals surface area (Å²) in [7, 11) is -1.96. The molecule has 0 bridgehead atoms. The van der Waals surface area contributed by atoms with Crippen LogP contribution in [-0.4, -0.2) is 39.0 Å². The van der Waals surface area contributed by atoms with Gasteiger partial charge in [-0.2, -0.15) is 17.4 Å². The van der Waals surface area contributed by atoms with Gasteiger partial charge in [0.15, 0.2) is 11.5 Å². The second kappa shape index (κ2) is 6.21. The molecule has 0 spiro atoms. The van der Waals surface area contributed by atoms with Crippen LogP contribution in [0.1, 0.15) is 32.4 Å². The van der Waals surface area contributed by atoms with Gasteiger partial charge >= 0.3 is 0 Å². The molecular formula is C14H22N2O4S. The molecule has 0 aliphatic carbocycles. The number of ether oxygens (including phenoxy) is 2. The minimum absolute atomic E-state index is 0.102. The van der Waals surface area contributed by atoms with Gasteiger partial charge in [0.25, 0.3) is 10.2 Å². The van der Waals surface area contributed by atoms with Gasteiger partial charge in [-0.1, -0.05) is 6.07 Å². The fourth-order valence-corrected chi connectivity index (χ4v) is 3.29. The topological polar surface area (TPSA) is 67.9 Å². The van der Waals surface area contributed by atoms with Crippen LogP contribution in [0.15, 0.2) is 18.2 Å². The summed E-state index contributed by atoms with van der Waals surface area (Å²) in [6.45, 7) is 6.50. The van der Waals surface area contributed by atoms with Gasteiger partial charge in [0.1, 0.15) is 13.2 Å². The molecule has 1 atom stereocenters. The molecule has 0 saturated heterocycles. The van der Waals surface area contributed by atoms with E-state index in [2.05, 4.69) is 4.72 Å². The highest BCUT2D eigenvalue weighted by Gasteiger charge is 2.24. The van der Waals surface area contributed by atoms with Crippen LogP contribution >= 0.6 is 0 Å². The minimum atomic E-state index is -3.52. The SMILES string of the molecule is CC(NS(=O)(=O)N(C)C(C)C)c1ccc2c(c1)OCCO2. The summed E-state index contributed by atoms with van der Waals surface area (Å²) >= 11 is 0. The van der Waals surface area contributed by atoms with E-state index in [1.54, 1.807) is 20.0 Å². The monoisotopic (exact) mass is 314 g/mol. The quantitative estimate of drug-likeness (QED) is 0.898. The van der Waals surface area contributed by atoms with Crippen molar-refractivity contribution in [2.75, 3.05) is 20.3 Å². The molecule has 0 amide bonds. The molecule has 1 unspecified atom stereocenters. The molecule has 0 aromatic heterocycles. The molecule has 7 heteroatoms. The number of nitrogens with one attached hydrogen (secondary N) is 1. The zero-order valence-electron chi connectivity index (χ0n) is 12.8. The van der Waals surface area contributed by atoms with E-state index in [1.165, 1.54) is 4.31 Å². The van der Waals surface area contributed by atoms with Crippen molar-refractivity contribution in [3.63, 3.8) is 0 Å². The van der Waals surface area contributed by atoms with Crippen molar-refractivity contribution in [1.82, 2.24) is 9.03 Å². The van der Waals surface area contributed by atoms with Crippen molar-refractivity contribution < 1.29 is 17.9 Å². The molecule has 1 aliphatic rings. The molecule has 0 saturated carbocycles. The number of hydrogen-bond donors (Lipinski definition) is 1. The van der Waals surface area contributed by atoms with Gasteiger partial charge in [0.05, 0.1) is 0 Å². The largest absolute Gasteiger partial charge is 0.486 e.